The number of aryl methyl sites for hydroxylation is 2. The molecule has 1 aliphatic heterocycles. The summed E-state index contributed by atoms with van der Waals surface area (Å²) in [5.41, 5.74) is 9.32. The van der Waals surface area contributed by atoms with E-state index in [2.05, 4.69) is 11.4 Å². The average molecular weight is 364 g/mol. The minimum atomic E-state index is -0.694. The zero-order valence-corrected chi connectivity index (χ0v) is 15.6. The fourth-order valence-corrected chi connectivity index (χ4v) is 3.63. The number of allylic oxidation sites excluding steroid dienone is 1. The Bertz CT molecular complexity index is 1090. The highest BCUT2D eigenvalue weighted by Gasteiger charge is 2.36. The third kappa shape index (κ3) is 2.85. The van der Waals surface area contributed by atoms with E-state index in [9.17, 15) is 9.59 Å². The quantitative estimate of drug-likeness (QED) is 0.864. The van der Waals surface area contributed by atoms with E-state index in [-0.39, 0.29) is 5.56 Å². The SMILES string of the molecule is COc1cc(C#N)ccc1C1C(C(N)=O)=C(C)Nc2c(C)cn(C)c(=O)c21. The molecule has 138 valence electrons. The molecule has 0 bridgehead atoms. The number of nitriles is 1. The van der Waals surface area contributed by atoms with Crippen LogP contribution in [-0.4, -0.2) is 17.6 Å². The lowest BCUT2D eigenvalue weighted by atomic mass is 9.79. The van der Waals surface area contributed by atoms with Crippen molar-refractivity contribution in [2.45, 2.75) is 19.8 Å². The highest BCUT2D eigenvalue weighted by Crippen LogP contribution is 2.44. The lowest BCUT2D eigenvalue weighted by Crippen LogP contribution is -2.34. The molecule has 0 radical (unpaired) electrons. The van der Waals surface area contributed by atoms with Crippen LogP contribution in [0.2, 0.25) is 0 Å². The Labute approximate surface area is 156 Å². The van der Waals surface area contributed by atoms with E-state index >= 15 is 0 Å². The number of carbonyl (C=O) groups is 1. The number of hydrogen-bond acceptors (Lipinski definition) is 5. The van der Waals surface area contributed by atoms with E-state index in [4.69, 9.17) is 15.7 Å². The molecule has 7 nitrogen and oxygen atoms in total. The minimum absolute atomic E-state index is 0.231. The molecule has 1 unspecified atom stereocenters. The normalized spacial score (nSPS) is 15.6. The first-order valence-electron chi connectivity index (χ1n) is 8.35. The minimum Gasteiger partial charge on any atom is -0.496 e. The zero-order chi connectivity index (χ0) is 19.9. The Hall–Kier alpha value is -3.53. The van der Waals surface area contributed by atoms with Gasteiger partial charge >= 0.3 is 0 Å². The number of ether oxygens (including phenoxy) is 1. The molecule has 1 aromatic carbocycles. The smallest absolute Gasteiger partial charge is 0.256 e. The molecule has 0 spiro atoms. The second-order valence-corrected chi connectivity index (χ2v) is 6.55. The van der Waals surface area contributed by atoms with Gasteiger partial charge in [0.2, 0.25) is 5.91 Å². The van der Waals surface area contributed by atoms with Crippen molar-refractivity contribution < 1.29 is 9.53 Å². The summed E-state index contributed by atoms with van der Waals surface area (Å²) >= 11 is 0. The number of fused-ring (bicyclic) bond motifs is 1. The van der Waals surface area contributed by atoms with Gasteiger partial charge in [-0.05, 0) is 31.5 Å². The van der Waals surface area contributed by atoms with Crippen LogP contribution >= 0.6 is 0 Å². The number of anilines is 1. The Kier molecular flexibility index (Phi) is 4.50. The summed E-state index contributed by atoms with van der Waals surface area (Å²) in [4.78, 5) is 25.3. The Morgan fingerprint density at radius 1 is 1.37 bits per heavy atom. The number of nitrogens with two attached hydrogens (primary N) is 1. The number of amides is 1. The predicted molar refractivity (Wildman–Crippen MR) is 101 cm³/mol. The fourth-order valence-electron chi connectivity index (χ4n) is 3.63. The Balaban J connectivity index is 2.42. The van der Waals surface area contributed by atoms with Gasteiger partial charge in [-0.15, -0.1) is 0 Å². The second kappa shape index (κ2) is 6.65. The molecule has 3 rings (SSSR count). The van der Waals surface area contributed by atoms with Crippen molar-refractivity contribution in [3.63, 3.8) is 0 Å². The van der Waals surface area contributed by atoms with Crippen LogP contribution in [0.4, 0.5) is 5.69 Å². The van der Waals surface area contributed by atoms with Gasteiger partial charge < -0.3 is 20.4 Å². The molecule has 0 fully saturated rings. The number of nitrogens with one attached hydrogen (secondary N) is 1. The van der Waals surface area contributed by atoms with Gasteiger partial charge in [0.1, 0.15) is 5.75 Å². The van der Waals surface area contributed by atoms with E-state index < -0.39 is 11.8 Å². The first-order chi connectivity index (χ1) is 12.8. The van der Waals surface area contributed by atoms with E-state index in [0.29, 0.717) is 39.4 Å². The van der Waals surface area contributed by atoms with E-state index in [1.54, 1.807) is 38.4 Å². The number of methoxy groups -OCH3 is 1. The molecule has 0 saturated heterocycles. The predicted octanol–water partition coefficient (Wildman–Crippen LogP) is 1.89. The second-order valence-electron chi connectivity index (χ2n) is 6.55. The number of hydrogen-bond donors (Lipinski definition) is 2. The third-order valence-corrected chi connectivity index (χ3v) is 4.83. The third-order valence-electron chi connectivity index (χ3n) is 4.83. The lowest BCUT2D eigenvalue weighted by Gasteiger charge is -2.31. The standard InChI is InChI=1S/C20H20N4O3/c1-10-9-24(3)20(26)17-16(15(19(22)25)11(2)23-18(10)17)13-6-5-12(8-21)7-14(13)27-4/h5-7,9,16,23H,1-4H3,(H2,22,25). The molecular weight excluding hydrogens is 344 g/mol. The molecule has 2 heterocycles. The Morgan fingerprint density at radius 2 is 2.07 bits per heavy atom. The van der Waals surface area contributed by atoms with Crippen molar-refractivity contribution in [1.29, 1.82) is 5.26 Å². The number of nitrogens with zero attached hydrogens (tertiary/aromatic N) is 2. The molecule has 1 amide bonds. The molecule has 3 N–H and O–H groups in total. The lowest BCUT2D eigenvalue weighted by molar-refractivity contribution is -0.114. The highest BCUT2D eigenvalue weighted by atomic mass is 16.5. The highest BCUT2D eigenvalue weighted by molar-refractivity contribution is 5.97. The van der Waals surface area contributed by atoms with Gasteiger partial charge in [0.15, 0.2) is 0 Å². The van der Waals surface area contributed by atoms with Gasteiger partial charge in [-0.25, -0.2) is 0 Å². The van der Waals surface area contributed by atoms with Gasteiger partial charge in [-0.1, -0.05) is 6.07 Å². The van der Waals surface area contributed by atoms with Crippen molar-refractivity contribution in [2.24, 2.45) is 12.8 Å². The summed E-state index contributed by atoms with van der Waals surface area (Å²) in [5.74, 6) is -0.896. The molecular formula is C20H20N4O3. The Morgan fingerprint density at radius 3 is 2.67 bits per heavy atom. The fraction of sp³-hybridized carbons (Fsp3) is 0.250. The summed E-state index contributed by atoms with van der Waals surface area (Å²) in [5, 5.41) is 12.3. The molecule has 27 heavy (non-hydrogen) atoms. The van der Waals surface area contributed by atoms with Gasteiger partial charge in [-0.3, -0.25) is 9.59 Å². The van der Waals surface area contributed by atoms with E-state index in [0.717, 1.165) is 5.56 Å². The van der Waals surface area contributed by atoms with Crippen LogP contribution in [0.1, 0.15) is 35.1 Å². The monoisotopic (exact) mass is 364 g/mol. The van der Waals surface area contributed by atoms with Crippen LogP contribution in [0.15, 0.2) is 40.5 Å². The first-order valence-corrected chi connectivity index (χ1v) is 8.35. The van der Waals surface area contributed by atoms with Crippen LogP contribution in [0.5, 0.6) is 5.75 Å². The number of carbonyl (C=O) groups excluding carboxylic acids is 1. The van der Waals surface area contributed by atoms with Gasteiger partial charge in [0.05, 0.1) is 35.9 Å². The van der Waals surface area contributed by atoms with E-state index in [1.165, 1.54) is 11.7 Å². The molecule has 0 aliphatic carbocycles. The van der Waals surface area contributed by atoms with Crippen LogP contribution in [0.25, 0.3) is 0 Å². The summed E-state index contributed by atoms with van der Waals surface area (Å²) < 4.78 is 6.95. The summed E-state index contributed by atoms with van der Waals surface area (Å²) in [7, 11) is 3.15. The van der Waals surface area contributed by atoms with Crippen molar-refractivity contribution in [3.05, 3.63) is 68.3 Å². The van der Waals surface area contributed by atoms with Gasteiger partial charge in [-0.2, -0.15) is 5.26 Å². The summed E-state index contributed by atoms with van der Waals surface area (Å²) in [6.45, 7) is 3.64. The average Bonchev–Trinajstić information content (AvgIpc) is 2.64. The molecule has 2 aromatic rings. The number of rotatable bonds is 3. The van der Waals surface area contributed by atoms with Gasteiger partial charge in [0.25, 0.3) is 5.56 Å². The first kappa shape index (κ1) is 18.3. The maximum atomic E-state index is 13.0. The molecule has 1 aromatic heterocycles. The topological polar surface area (TPSA) is 110 Å². The molecule has 0 saturated carbocycles. The summed E-state index contributed by atoms with van der Waals surface area (Å²) in [6, 6.07) is 6.99. The molecule has 1 atom stereocenters. The number of aromatic nitrogens is 1. The number of benzene rings is 1. The number of pyridine rings is 1. The van der Waals surface area contributed by atoms with Crippen LogP contribution in [0.3, 0.4) is 0 Å². The van der Waals surface area contributed by atoms with E-state index in [1.807, 2.05) is 6.92 Å². The molecule has 1 aliphatic rings. The van der Waals surface area contributed by atoms with Crippen LogP contribution in [0, 0.1) is 18.3 Å². The van der Waals surface area contributed by atoms with Gasteiger partial charge in [0, 0.05) is 30.1 Å². The van der Waals surface area contributed by atoms with Crippen molar-refractivity contribution >= 4 is 11.6 Å². The van der Waals surface area contributed by atoms with Crippen LogP contribution in [-0.2, 0) is 11.8 Å². The molecule has 7 heteroatoms. The van der Waals surface area contributed by atoms with Crippen LogP contribution < -0.4 is 21.3 Å². The van der Waals surface area contributed by atoms with Crippen molar-refractivity contribution in [3.8, 4) is 11.8 Å². The maximum Gasteiger partial charge on any atom is 0.256 e. The van der Waals surface area contributed by atoms with Crippen molar-refractivity contribution in [2.75, 3.05) is 12.4 Å². The maximum absolute atomic E-state index is 13.0. The summed E-state index contributed by atoms with van der Waals surface area (Å²) in [6.07, 6.45) is 1.74. The zero-order valence-electron chi connectivity index (χ0n) is 15.6. The number of primary amides is 1. The van der Waals surface area contributed by atoms with Crippen molar-refractivity contribution in [1.82, 2.24) is 4.57 Å². The largest absolute Gasteiger partial charge is 0.496 e.